The van der Waals surface area contributed by atoms with Gasteiger partial charge in [-0.25, -0.2) is 4.79 Å². The van der Waals surface area contributed by atoms with Crippen molar-refractivity contribution in [3.63, 3.8) is 0 Å². The van der Waals surface area contributed by atoms with Crippen molar-refractivity contribution >= 4 is 23.3 Å². The highest BCUT2D eigenvalue weighted by molar-refractivity contribution is 6.32. The number of aryl methyl sites for hydroxylation is 1. The third-order valence-corrected chi connectivity index (χ3v) is 2.84. The number of amides is 2. The van der Waals surface area contributed by atoms with E-state index in [9.17, 15) is 4.79 Å². The highest BCUT2D eigenvalue weighted by atomic mass is 35.5. The van der Waals surface area contributed by atoms with Crippen LogP contribution in [0.5, 0.6) is 0 Å². The number of halogens is 1. The van der Waals surface area contributed by atoms with Gasteiger partial charge >= 0.3 is 6.03 Å². The van der Waals surface area contributed by atoms with Crippen LogP contribution >= 0.6 is 11.6 Å². The Balaban J connectivity index is 3.25. The molecule has 14 heavy (non-hydrogen) atoms. The van der Waals surface area contributed by atoms with Gasteiger partial charge in [-0.05, 0) is 43.5 Å². The summed E-state index contributed by atoms with van der Waals surface area (Å²) in [5.41, 5.74) is 8.61. The molecule has 0 spiro atoms. The predicted molar refractivity (Wildman–Crippen MR) is 58.9 cm³/mol. The number of primary amides is 1. The molecular formula is C10H13ClN2O. The zero-order chi connectivity index (χ0) is 10.9. The topological polar surface area (TPSA) is 55.1 Å². The Morgan fingerprint density at radius 1 is 1.36 bits per heavy atom. The second-order valence-electron chi connectivity index (χ2n) is 3.29. The Labute approximate surface area is 88.2 Å². The van der Waals surface area contributed by atoms with E-state index in [0.717, 1.165) is 16.7 Å². The third kappa shape index (κ3) is 1.99. The number of hydrogen-bond acceptors (Lipinski definition) is 1. The van der Waals surface area contributed by atoms with Gasteiger partial charge in [0.1, 0.15) is 0 Å². The molecule has 1 rings (SSSR count). The number of nitrogens with two attached hydrogens (primary N) is 1. The Bertz CT molecular complexity index is 388. The molecule has 0 bridgehead atoms. The van der Waals surface area contributed by atoms with Gasteiger partial charge in [0.05, 0.1) is 0 Å². The van der Waals surface area contributed by atoms with E-state index < -0.39 is 6.03 Å². The van der Waals surface area contributed by atoms with Gasteiger partial charge in [0, 0.05) is 10.7 Å². The molecule has 0 saturated heterocycles. The van der Waals surface area contributed by atoms with E-state index in [0.29, 0.717) is 10.7 Å². The molecule has 0 saturated carbocycles. The first-order chi connectivity index (χ1) is 6.43. The fraction of sp³-hybridized carbons (Fsp3) is 0.300. The maximum Gasteiger partial charge on any atom is 0.316 e. The maximum atomic E-state index is 10.7. The lowest BCUT2D eigenvalue weighted by atomic mass is 10.0. The first-order valence-electron chi connectivity index (χ1n) is 4.26. The van der Waals surface area contributed by atoms with Gasteiger partial charge in [-0.3, -0.25) is 0 Å². The normalized spacial score (nSPS) is 10.0. The van der Waals surface area contributed by atoms with Crippen LogP contribution in [0.25, 0.3) is 0 Å². The van der Waals surface area contributed by atoms with E-state index in [1.54, 1.807) is 0 Å². The summed E-state index contributed by atoms with van der Waals surface area (Å²) in [5, 5.41) is 3.21. The fourth-order valence-electron chi connectivity index (χ4n) is 1.27. The standard InChI is InChI=1S/C10H13ClN2O/c1-5-4-8(13-10(12)14)7(3)9(11)6(5)2/h4H,1-3H3,(H3,12,13,14). The highest BCUT2D eigenvalue weighted by Crippen LogP contribution is 2.29. The Morgan fingerprint density at radius 3 is 2.43 bits per heavy atom. The van der Waals surface area contributed by atoms with Crippen molar-refractivity contribution in [3.05, 3.63) is 27.8 Å². The molecule has 2 amide bonds. The molecule has 0 aliphatic carbocycles. The second-order valence-corrected chi connectivity index (χ2v) is 3.67. The van der Waals surface area contributed by atoms with Crippen LogP contribution < -0.4 is 11.1 Å². The third-order valence-electron chi connectivity index (χ3n) is 2.27. The summed E-state index contributed by atoms with van der Waals surface area (Å²) in [6, 6.07) is 1.29. The minimum absolute atomic E-state index is 0.576. The minimum atomic E-state index is -0.576. The van der Waals surface area contributed by atoms with Crippen LogP contribution in [-0.2, 0) is 0 Å². The van der Waals surface area contributed by atoms with E-state index in [1.807, 2.05) is 26.8 Å². The SMILES string of the molecule is Cc1cc(NC(N)=O)c(C)c(Cl)c1C. The second kappa shape index (κ2) is 3.88. The number of anilines is 1. The zero-order valence-electron chi connectivity index (χ0n) is 8.44. The lowest BCUT2D eigenvalue weighted by Gasteiger charge is -2.12. The van der Waals surface area contributed by atoms with Crippen LogP contribution in [0, 0.1) is 20.8 Å². The molecule has 3 nitrogen and oxygen atoms in total. The molecule has 0 unspecified atom stereocenters. The van der Waals surface area contributed by atoms with Crippen LogP contribution in [0.1, 0.15) is 16.7 Å². The number of hydrogen-bond donors (Lipinski definition) is 2. The van der Waals surface area contributed by atoms with Crippen LogP contribution in [0.15, 0.2) is 6.07 Å². The Kier molecular flexibility index (Phi) is 3.01. The monoisotopic (exact) mass is 212 g/mol. The molecular weight excluding hydrogens is 200 g/mol. The van der Waals surface area contributed by atoms with Crippen LogP contribution in [-0.4, -0.2) is 6.03 Å². The van der Waals surface area contributed by atoms with Gasteiger partial charge in [0.15, 0.2) is 0 Å². The van der Waals surface area contributed by atoms with E-state index in [4.69, 9.17) is 17.3 Å². The molecule has 0 heterocycles. The van der Waals surface area contributed by atoms with Gasteiger partial charge in [-0.1, -0.05) is 11.6 Å². The summed E-state index contributed by atoms with van der Waals surface area (Å²) in [5.74, 6) is 0. The van der Waals surface area contributed by atoms with E-state index in [1.165, 1.54) is 0 Å². The summed E-state index contributed by atoms with van der Waals surface area (Å²) in [6.45, 7) is 5.73. The number of benzene rings is 1. The van der Waals surface area contributed by atoms with Gasteiger partial charge in [-0.15, -0.1) is 0 Å². The number of rotatable bonds is 1. The average Bonchev–Trinajstić information content (AvgIpc) is 2.10. The zero-order valence-corrected chi connectivity index (χ0v) is 9.20. The van der Waals surface area contributed by atoms with Gasteiger partial charge in [-0.2, -0.15) is 0 Å². The molecule has 1 aromatic rings. The van der Waals surface area contributed by atoms with E-state index in [-0.39, 0.29) is 0 Å². The van der Waals surface area contributed by atoms with E-state index in [2.05, 4.69) is 5.32 Å². The van der Waals surface area contributed by atoms with Crippen molar-refractivity contribution in [2.45, 2.75) is 20.8 Å². The van der Waals surface area contributed by atoms with Crippen LogP contribution in [0.2, 0.25) is 5.02 Å². The quantitative estimate of drug-likeness (QED) is 0.739. The lowest BCUT2D eigenvalue weighted by Crippen LogP contribution is -2.20. The summed E-state index contributed by atoms with van der Waals surface area (Å²) < 4.78 is 0. The molecule has 0 aliphatic rings. The predicted octanol–water partition coefficient (Wildman–Crippen LogP) is 2.76. The molecule has 0 radical (unpaired) electrons. The summed E-state index contributed by atoms with van der Waals surface area (Å²) in [6.07, 6.45) is 0. The largest absolute Gasteiger partial charge is 0.351 e. The number of carbonyl (C=O) groups excluding carboxylic acids is 1. The van der Waals surface area contributed by atoms with Crippen molar-refractivity contribution in [2.24, 2.45) is 5.73 Å². The highest BCUT2D eigenvalue weighted by Gasteiger charge is 2.09. The number of carbonyl (C=O) groups is 1. The summed E-state index contributed by atoms with van der Waals surface area (Å²) in [4.78, 5) is 10.7. The van der Waals surface area contributed by atoms with Gasteiger partial charge < -0.3 is 11.1 Å². The maximum absolute atomic E-state index is 10.7. The molecule has 76 valence electrons. The molecule has 0 aliphatic heterocycles. The smallest absolute Gasteiger partial charge is 0.316 e. The van der Waals surface area contributed by atoms with Crippen molar-refractivity contribution in [1.82, 2.24) is 0 Å². The number of urea groups is 1. The molecule has 0 fully saturated rings. The minimum Gasteiger partial charge on any atom is -0.351 e. The molecule has 4 heteroatoms. The summed E-state index contributed by atoms with van der Waals surface area (Å²) >= 11 is 6.08. The van der Waals surface area contributed by atoms with Crippen molar-refractivity contribution in [2.75, 3.05) is 5.32 Å². The van der Waals surface area contributed by atoms with Crippen LogP contribution in [0.3, 0.4) is 0 Å². The molecule has 1 aromatic carbocycles. The first kappa shape index (κ1) is 10.9. The molecule has 3 N–H and O–H groups in total. The Hall–Kier alpha value is -1.22. The molecule has 0 aromatic heterocycles. The fourth-order valence-corrected chi connectivity index (χ4v) is 1.52. The van der Waals surface area contributed by atoms with E-state index >= 15 is 0 Å². The van der Waals surface area contributed by atoms with Crippen molar-refractivity contribution in [1.29, 1.82) is 0 Å². The Morgan fingerprint density at radius 2 is 1.93 bits per heavy atom. The van der Waals surface area contributed by atoms with Gasteiger partial charge in [0.25, 0.3) is 0 Å². The molecule has 0 atom stereocenters. The lowest BCUT2D eigenvalue weighted by molar-refractivity contribution is 0.259. The van der Waals surface area contributed by atoms with Crippen molar-refractivity contribution in [3.8, 4) is 0 Å². The number of nitrogens with one attached hydrogen (secondary N) is 1. The first-order valence-corrected chi connectivity index (χ1v) is 4.64. The van der Waals surface area contributed by atoms with Gasteiger partial charge in [0.2, 0.25) is 0 Å². The average molecular weight is 213 g/mol. The van der Waals surface area contributed by atoms with Crippen molar-refractivity contribution < 1.29 is 4.79 Å². The van der Waals surface area contributed by atoms with Crippen LogP contribution in [0.4, 0.5) is 10.5 Å². The summed E-state index contributed by atoms with van der Waals surface area (Å²) in [7, 11) is 0.